The van der Waals surface area contributed by atoms with Gasteiger partial charge < -0.3 is 15.2 Å². The van der Waals surface area contributed by atoms with Crippen molar-refractivity contribution in [2.24, 2.45) is 0 Å². The van der Waals surface area contributed by atoms with Gasteiger partial charge in [-0.2, -0.15) is 8.78 Å². The summed E-state index contributed by atoms with van der Waals surface area (Å²) in [5, 5.41) is 13.0. The Morgan fingerprint density at radius 1 is 1.22 bits per heavy atom. The molecule has 0 fully saturated rings. The van der Waals surface area contributed by atoms with E-state index in [1.807, 2.05) is 6.07 Å². The topological polar surface area (TPSA) is 54.4 Å². The monoisotopic (exact) mass is 396 g/mol. The van der Waals surface area contributed by atoms with Gasteiger partial charge in [0.25, 0.3) is 0 Å². The molecule has 0 aliphatic rings. The SMILES string of the molecule is CCCCC(CC)c1c(CO)ccnc1Nc1ccc(OC(F)(F)P)cc1. The lowest BCUT2D eigenvalue weighted by molar-refractivity contribution is -0.0892. The van der Waals surface area contributed by atoms with Crippen LogP contribution in [0.3, 0.4) is 0 Å². The normalized spacial score (nSPS) is 12.7. The van der Waals surface area contributed by atoms with Gasteiger partial charge in [-0.3, -0.25) is 0 Å². The Balaban J connectivity index is 2.27. The number of hydrogen-bond donors (Lipinski definition) is 2. The molecule has 7 heteroatoms. The van der Waals surface area contributed by atoms with Crippen molar-refractivity contribution in [1.82, 2.24) is 4.98 Å². The van der Waals surface area contributed by atoms with Crippen molar-refractivity contribution in [3.05, 3.63) is 47.7 Å². The molecular formula is C20H27F2N2O2P. The molecule has 0 radical (unpaired) electrons. The zero-order chi connectivity index (χ0) is 19.9. The van der Waals surface area contributed by atoms with Crippen LogP contribution in [0.4, 0.5) is 20.3 Å². The van der Waals surface area contributed by atoms with Crippen LogP contribution in [-0.2, 0) is 6.61 Å². The van der Waals surface area contributed by atoms with Gasteiger partial charge in [-0.25, -0.2) is 4.98 Å². The van der Waals surface area contributed by atoms with Gasteiger partial charge in [-0.05, 0) is 63.9 Å². The Morgan fingerprint density at radius 3 is 2.48 bits per heavy atom. The Labute approximate surface area is 161 Å². The lowest BCUT2D eigenvalue weighted by Crippen LogP contribution is -2.14. The molecule has 0 amide bonds. The average Bonchev–Trinajstić information content (AvgIpc) is 2.63. The molecule has 0 aliphatic heterocycles. The molecule has 2 unspecified atom stereocenters. The number of hydrogen-bond acceptors (Lipinski definition) is 4. The van der Waals surface area contributed by atoms with E-state index < -0.39 is 5.85 Å². The van der Waals surface area contributed by atoms with E-state index in [0.29, 0.717) is 17.4 Å². The van der Waals surface area contributed by atoms with Crippen molar-refractivity contribution < 1.29 is 18.6 Å². The quantitative estimate of drug-likeness (QED) is 0.498. The molecular weight excluding hydrogens is 369 g/mol. The number of anilines is 2. The highest BCUT2D eigenvalue weighted by Gasteiger charge is 2.23. The van der Waals surface area contributed by atoms with E-state index in [1.165, 1.54) is 21.4 Å². The molecule has 1 heterocycles. The summed E-state index contributed by atoms with van der Waals surface area (Å²) in [5.41, 5.74) is 2.59. The third-order valence-corrected chi connectivity index (χ3v) is 4.55. The molecule has 0 saturated heterocycles. The number of aliphatic hydroxyl groups is 1. The number of unbranched alkanes of at least 4 members (excludes halogenated alkanes) is 1. The summed E-state index contributed by atoms with van der Waals surface area (Å²) in [6, 6.07) is 8.12. The van der Waals surface area contributed by atoms with Crippen LogP contribution in [0.2, 0.25) is 0 Å². The second-order valence-electron chi connectivity index (χ2n) is 6.45. The van der Waals surface area contributed by atoms with Crippen LogP contribution in [0.25, 0.3) is 0 Å². The van der Waals surface area contributed by atoms with Crippen LogP contribution >= 0.6 is 9.24 Å². The predicted molar refractivity (Wildman–Crippen MR) is 108 cm³/mol. The molecule has 27 heavy (non-hydrogen) atoms. The summed E-state index contributed by atoms with van der Waals surface area (Å²) in [6.07, 6.45) is 5.85. The fourth-order valence-corrected chi connectivity index (χ4v) is 3.25. The summed E-state index contributed by atoms with van der Waals surface area (Å²) in [7, 11) is 1.35. The van der Waals surface area contributed by atoms with Crippen molar-refractivity contribution in [3.8, 4) is 5.75 Å². The Bertz CT molecular complexity index is 721. The van der Waals surface area contributed by atoms with Crippen molar-refractivity contribution in [3.63, 3.8) is 0 Å². The first-order valence-electron chi connectivity index (χ1n) is 9.19. The van der Waals surface area contributed by atoms with E-state index >= 15 is 0 Å². The minimum atomic E-state index is -3.30. The van der Waals surface area contributed by atoms with Gasteiger partial charge in [-0.1, -0.05) is 26.7 Å². The Hall–Kier alpha value is -1.78. The largest absolute Gasteiger partial charge is 0.430 e. The number of alkyl halides is 2. The van der Waals surface area contributed by atoms with Crippen molar-refractivity contribution in [2.75, 3.05) is 5.32 Å². The predicted octanol–water partition coefficient (Wildman–Crippen LogP) is 5.81. The van der Waals surface area contributed by atoms with Gasteiger partial charge in [-0.15, -0.1) is 0 Å². The first kappa shape index (κ1) is 21.5. The fraction of sp³-hybridized carbons (Fsp3) is 0.450. The van der Waals surface area contributed by atoms with Crippen LogP contribution in [0.5, 0.6) is 5.75 Å². The maximum absolute atomic E-state index is 12.9. The average molecular weight is 396 g/mol. The van der Waals surface area contributed by atoms with Gasteiger partial charge in [0.05, 0.1) is 6.61 Å². The van der Waals surface area contributed by atoms with Crippen LogP contribution in [0.15, 0.2) is 36.5 Å². The van der Waals surface area contributed by atoms with Crippen molar-refractivity contribution in [2.45, 2.75) is 57.9 Å². The van der Waals surface area contributed by atoms with E-state index in [4.69, 9.17) is 0 Å². The molecule has 0 spiro atoms. The third-order valence-electron chi connectivity index (χ3n) is 4.43. The van der Waals surface area contributed by atoms with Gasteiger partial charge >= 0.3 is 5.85 Å². The first-order valence-corrected chi connectivity index (χ1v) is 9.77. The number of ether oxygens (including phenoxy) is 1. The number of pyridine rings is 1. The van der Waals surface area contributed by atoms with Gasteiger partial charge in [0.1, 0.15) is 11.6 Å². The molecule has 0 aliphatic carbocycles. The van der Waals surface area contributed by atoms with Gasteiger partial charge in [0.2, 0.25) is 0 Å². The molecule has 4 nitrogen and oxygen atoms in total. The highest BCUT2D eigenvalue weighted by molar-refractivity contribution is 7.17. The number of nitrogens with zero attached hydrogens (tertiary/aromatic N) is 1. The van der Waals surface area contributed by atoms with E-state index in [1.54, 1.807) is 18.3 Å². The zero-order valence-corrected chi connectivity index (χ0v) is 16.9. The van der Waals surface area contributed by atoms with E-state index in [-0.39, 0.29) is 12.4 Å². The molecule has 2 atom stereocenters. The number of halogens is 2. The molecule has 2 aromatic rings. The van der Waals surface area contributed by atoms with E-state index in [0.717, 1.165) is 36.8 Å². The number of nitrogens with one attached hydrogen (secondary N) is 1. The lowest BCUT2D eigenvalue weighted by Gasteiger charge is -2.22. The molecule has 0 bridgehead atoms. The molecule has 1 aromatic heterocycles. The molecule has 148 valence electrons. The number of rotatable bonds is 10. The van der Waals surface area contributed by atoms with Crippen LogP contribution in [0.1, 0.15) is 56.6 Å². The minimum absolute atomic E-state index is 0.0504. The summed E-state index contributed by atoms with van der Waals surface area (Å²) in [6.45, 7) is 4.24. The maximum Gasteiger partial charge on any atom is 0.408 e. The second-order valence-corrected chi connectivity index (χ2v) is 7.12. The molecule has 1 aromatic carbocycles. The smallest absolute Gasteiger partial charge is 0.408 e. The van der Waals surface area contributed by atoms with Crippen molar-refractivity contribution >= 4 is 20.7 Å². The summed E-state index contributed by atoms with van der Waals surface area (Å²) in [4.78, 5) is 4.46. The number of aromatic nitrogens is 1. The van der Waals surface area contributed by atoms with Gasteiger partial charge in [0.15, 0.2) is 0 Å². The number of aliphatic hydroxyl groups excluding tert-OH is 1. The Kier molecular flexibility index (Phi) is 7.93. The highest BCUT2D eigenvalue weighted by atomic mass is 31.0. The van der Waals surface area contributed by atoms with E-state index in [9.17, 15) is 13.9 Å². The molecule has 2 rings (SSSR count). The third kappa shape index (κ3) is 6.40. The van der Waals surface area contributed by atoms with E-state index in [2.05, 4.69) is 28.9 Å². The summed E-state index contributed by atoms with van der Waals surface area (Å²) < 4.78 is 30.3. The maximum atomic E-state index is 12.9. The standard InChI is InChI=1S/C20H27F2N2O2P/c1-3-5-6-14(4-2)18-15(13-25)11-12-23-19(18)24-16-7-9-17(10-8-16)26-20(21,22)27/h7-12,14,25H,3-6,13,27H2,1-2H3,(H,23,24). The highest BCUT2D eigenvalue weighted by Crippen LogP contribution is 2.35. The van der Waals surface area contributed by atoms with Crippen LogP contribution in [0, 0.1) is 0 Å². The molecule has 0 saturated carbocycles. The lowest BCUT2D eigenvalue weighted by atomic mass is 9.88. The fourth-order valence-electron chi connectivity index (χ4n) is 3.11. The Morgan fingerprint density at radius 2 is 1.93 bits per heavy atom. The van der Waals surface area contributed by atoms with Gasteiger partial charge in [0, 0.05) is 17.4 Å². The van der Waals surface area contributed by atoms with Crippen LogP contribution < -0.4 is 10.1 Å². The van der Waals surface area contributed by atoms with Crippen molar-refractivity contribution in [1.29, 1.82) is 0 Å². The zero-order valence-electron chi connectivity index (χ0n) is 15.7. The summed E-state index contributed by atoms with van der Waals surface area (Å²) in [5.74, 6) is -2.24. The van der Waals surface area contributed by atoms with Crippen LogP contribution in [-0.4, -0.2) is 15.9 Å². The minimum Gasteiger partial charge on any atom is -0.430 e. The summed E-state index contributed by atoms with van der Waals surface area (Å²) >= 11 is 0. The number of benzene rings is 1. The first-order chi connectivity index (χ1) is 12.9. The second kappa shape index (κ2) is 9.95. The molecule has 2 N–H and O–H groups in total.